The smallest absolute Gasteiger partial charge is 0.413 e. The van der Waals surface area contributed by atoms with E-state index in [4.69, 9.17) is 4.74 Å². The average molecular weight is 289 g/mol. The first-order valence-corrected chi connectivity index (χ1v) is 6.43. The molecule has 1 aromatic heterocycles. The van der Waals surface area contributed by atoms with E-state index in [0.717, 1.165) is 5.52 Å². The molecule has 0 unspecified atom stereocenters. The molecule has 1 heterocycles. The van der Waals surface area contributed by atoms with Crippen molar-refractivity contribution in [2.24, 2.45) is 0 Å². The summed E-state index contributed by atoms with van der Waals surface area (Å²) >= 11 is 0. The summed E-state index contributed by atoms with van der Waals surface area (Å²) in [4.78, 5) is 31.1. The molecule has 7 nitrogen and oxygen atoms in total. The Morgan fingerprint density at radius 1 is 1.24 bits per heavy atom. The summed E-state index contributed by atoms with van der Waals surface area (Å²) in [7, 11) is 0. The summed E-state index contributed by atoms with van der Waals surface area (Å²) in [5, 5.41) is 2.75. The van der Waals surface area contributed by atoms with Crippen LogP contribution >= 0.6 is 0 Å². The number of amides is 2. The molecular weight excluding hydrogens is 274 g/mol. The zero-order valence-electron chi connectivity index (χ0n) is 11.8. The van der Waals surface area contributed by atoms with Crippen molar-refractivity contribution in [3.8, 4) is 5.88 Å². The van der Waals surface area contributed by atoms with Gasteiger partial charge in [0, 0.05) is 0 Å². The predicted molar refractivity (Wildman–Crippen MR) is 74.9 cm³/mol. The SMILES string of the molecule is CCOC(=O)NC(=O)COc1nc(C)nc2ccccc12. The number of carbonyl (C=O) groups is 2. The van der Waals surface area contributed by atoms with Crippen molar-refractivity contribution in [3.63, 3.8) is 0 Å². The second-order valence-electron chi connectivity index (χ2n) is 4.15. The fourth-order valence-corrected chi connectivity index (χ4v) is 1.72. The molecule has 0 saturated heterocycles. The van der Waals surface area contributed by atoms with Gasteiger partial charge in [-0.15, -0.1) is 0 Å². The first-order valence-electron chi connectivity index (χ1n) is 6.43. The number of imide groups is 1. The van der Waals surface area contributed by atoms with Crippen LogP contribution in [-0.2, 0) is 9.53 Å². The van der Waals surface area contributed by atoms with Gasteiger partial charge in [-0.2, -0.15) is 4.98 Å². The van der Waals surface area contributed by atoms with E-state index in [1.807, 2.05) is 23.5 Å². The number of fused-ring (bicyclic) bond motifs is 1. The summed E-state index contributed by atoms with van der Waals surface area (Å²) < 4.78 is 9.97. The average Bonchev–Trinajstić information content (AvgIpc) is 2.44. The Kier molecular flexibility index (Phi) is 4.65. The van der Waals surface area contributed by atoms with Gasteiger partial charge >= 0.3 is 6.09 Å². The van der Waals surface area contributed by atoms with Gasteiger partial charge in [0.2, 0.25) is 5.88 Å². The van der Waals surface area contributed by atoms with Gasteiger partial charge in [-0.3, -0.25) is 10.1 Å². The van der Waals surface area contributed by atoms with Crippen LogP contribution in [0.4, 0.5) is 4.79 Å². The first kappa shape index (κ1) is 14.7. The van der Waals surface area contributed by atoms with Crippen LogP contribution in [0, 0.1) is 6.92 Å². The molecule has 0 radical (unpaired) electrons. The largest absolute Gasteiger partial charge is 0.467 e. The lowest BCUT2D eigenvalue weighted by atomic mass is 10.2. The van der Waals surface area contributed by atoms with Crippen LogP contribution in [-0.4, -0.2) is 35.2 Å². The second-order valence-corrected chi connectivity index (χ2v) is 4.15. The lowest BCUT2D eigenvalue weighted by molar-refractivity contribution is -0.122. The van der Waals surface area contributed by atoms with E-state index < -0.39 is 12.0 Å². The number of aromatic nitrogens is 2. The molecule has 0 saturated carbocycles. The van der Waals surface area contributed by atoms with Gasteiger partial charge in [0.25, 0.3) is 5.91 Å². The number of nitrogens with zero attached hydrogens (tertiary/aromatic N) is 2. The molecule has 2 aromatic rings. The van der Waals surface area contributed by atoms with Crippen LogP contribution < -0.4 is 10.1 Å². The van der Waals surface area contributed by atoms with Crippen molar-refractivity contribution >= 4 is 22.9 Å². The minimum atomic E-state index is -0.796. The van der Waals surface area contributed by atoms with Gasteiger partial charge in [-0.1, -0.05) is 12.1 Å². The quantitative estimate of drug-likeness (QED) is 0.919. The highest BCUT2D eigenvalue weighted by Gasteiger charge is 2.11. The Morgan fingerprint density at radius 2 is 2.00 bits per heavy atom. The Labute approximate surface area is 121 Å². The maximum Gasteiger partial charge on any atom is 0.413 e. The zero-order chi connectivity index (χ0) is 15.2. The number of nitrogens with one attached hydrogen (secondary N) is 1. The zero-order valence-corrected chi connectivity index (χ0v) is 11.8. The number of hydrogen-bond acceptors (Lipinski definition) is 6. The second kappa shape index (κ2) is 6.65. The fraction of sp³-hybridized carbons (Fsp3) is 0.286. The summed E-state index contributed by atoms with van der Waals surface area (Å²) in [6.45, 7) is 3.24. The maximum absolute atomic E-state index is 11.5. The van der Waals surface area contributed by atoms with Crippen LogP contribution in [0.5, 0.6) is 5.88 Å². The van der Waals surface area contributed by atoms with Crippen LogP contribution in [0.2, 0.25) is 0 Å². The lowest BCUT2D eigenvalue weighted by Crippen LogP contribution is -2.34. The number of alkyl carbamates (subject to hydrolysis) is 1. The van der Waals surface area contributed by atoms with E-state index in [1.165, 1.54) is 0 Å². The third-order valence-corrected chi connectivity index (χ3v) is 2.54. The molecule has 0 spiro atoms. The van der Waals surface area contributed by atoms with E-state index >= 15 is 0 Å². The highest BCUT2D eigenvalue weighted by Crippen LogP contribution is 2.21. The molecule has 0 bridgehead atoms. The third kappa shape index (κ3) is 3.88. The van der Waals surface area contributed by atoms with Crippen molar-refractivity contribution in [1.29, 1.82) is 0 Å². The Hall–Kier alpha value is -2.70. The predicted octanol–water partition coefficient (Wildman–Crippen LogP) is 1.59. The van der Waals surface area contributed by atoms with Crippen molar-refractivity contribution < 1.29 is 19.1 Å². The van der Waals surface area contributed by atoms with Gasteiger partial charge in [0.1, 0.15) is 5.82 Å². The number of carbonyl (C=O) groups excluding carboxylic acids is 2. The van der Waals surface area contributed by atoms with Crippen LogP contribution in [0.15, 0.2) is 24.3 Å². The van der Waals surface area contributed by atoms with E-state index in [0.29, 0.717) is 17.1 Å². The first-order chi connectivity index (χ1) is 10.1. The third-order valence-electron chi connectivity index (χ3n) is 2.54. The molecule has 2 amide bonds. The van der Waals surface area contributed by atoms with Crippen LogP contribution in [0.3, 0.4) is 0 Å². The van der Waals surface area contributed by atoms with Gasteiger partial charge < -0.3 is 9.47 Å². The molecule has 7 heteroatoms. The summed E-state index contributed by atoms with van der Waals surface area (Å²) in [6.07, 6.45) is -0.796. The van der Waals surface area contributed by atoms with Crippen LogP contribution in [0.25, 0.3) is 10.9 Å². The van der Waals surface area contributed by atoms with Crippen LogP contribution in [0.1, 0.15) is 12.7 Å². The normalized spacial score (nSPS) is 10.2. The number of rotatable bonds is 4. The van der Waals surface area contributed by atoms with Gasteiger partial charge in [0.05, 0.1) is 17.5 Å². The topological polar surface area (TPSA) is 90.4 Å². The van der Waals surface area contributed by atoms with Gasteiger partial charge in [-0.25, -0.2) is 9.78 Å². The minimum Gasteiger partial charge on any atom is -0.467 e. The molecule has 0 aliphatic rings. The number of aryl methyl sites for hydroxylation is 1. The van der Waals surface area contributed by atoms with E-state index in [2.05, 4.69) is 14.7 Å². The Morgan fingerprint density at radius 3 is 2.76 bits per heavy atom. The maximum atomic E-state index is 11.5. The highest BCUT2D eigenvalue weighted by molar-refractivity contribution is 5.92. The molecule has 1 N–H and O–H groups in total. The molecule has 0 aliphatic carbocycles. The Bertz CT molecular complexity index is 672. The summed E-state index contributed by atoms with van der Waals surface area (Å²) in [5.74, 6) is 0.236. The van der Waals surface area contributed by atoms with E-state index in [9.17, 15) is 9.59 Å². The molecule has 110 valence electrons. The fourth-order valence-electron chi connectivity index (χ4n) is 1.72. The molecule has 2 rings (SSSR count). The lowest BCUT2D eigenvalue weighted by Gasteiger charge is -2.09. The molecule has 0 fully saturated rings. The monoisotopic (exact) mass is 289 g/mol. The Balaban J connectivity index is 2.06. The van der Waals surface area contributed by atoms with Crippen molar-refractivity contribution in [1.82, 2.24) is 15.3 Å². The molecule has 21 heavy (non-hydrogen) atoms. The number of benzene rings is 1. The van der Waals surface area contributed by atoms with E-state index in [-0.39, 0.29) is 13.2 Å². The van der Waals surface area contributed by atoms with Crippen molar-refractivity contribution in [2.45, 2.75) is 13.8 Å². The van der Waals surface area contributed by atoms with Gasteiger partial charge in [-0.05, 0) is 26.0 Å². The molecule has 1 aromatic carbocycles. The standard InChI is InChI=1S/C14H15N3O4/c1-3-20-14(19)17-12(18)8-21-13-10-6-4-5-7-11(10)15-9(2)16-13/h4-7H,3,8H2,1-2H3,(H,17,18,19). The molecule has 0 atom stereocenters. The van der Waals surface area contributed by atoms with Crippen molar-refractivity contribution in [2.75, 3.05) is 13.2 Å². The van der Waals surface area contributed by atoms with E-state index in [1.54, 1.807) is 19.9 Å². The minimum absolute atomic E-state index is 0.190. The number of ether oxygens (including phenoxy) is 2. The summed E-state index contributed by atoms with van der Waals surface area (Å²) in [6, 6.07) is 7.31. The number of hydrogen-bond donors (Lipinski definition) is 1. The highest BCUT2D eigenvalue weighted by atomic mass is 16.5. The van der Waals surface area contributed by atoms with Gasteiger partial charge in [0.15, 0.2) is 6.61 Å². The molecular formula is C14H15N3O4. The van der Waals surface area contributed by atoms with Crippen molar-refractivity contribution in [3.05, 3.63) is 30.1 Å². The summed E-state index contributed by atoms with van der Waals surface area (Å²) in [5.41, 5.74) is 0.728. The molecule has 0 aliphatic heterocycles. The number of para-hydroxylation sites is 1.